The van der Waals surface area contributed by atoms with Gasteiger partial charge in [0.1, 0.15) is 5.82 Å². The Bertz CT molecular complexity index is 620. The van der Waals surface area contributed by atoms with Gasteiger partial charge < -0.3 is 16.3 Å². The topological polar surface area (TPSA) is 116 Å². The largest absolute Gasteiger partial charge is 0.409 e. The van der Waals surface area contributed by atoms with Crippen molar-refractivity contribution in [3.8, 4) is 0 Å². The molecule has 0 saturated carbocycles. The summed E-state index contributed by atoms with van der Waals surface area (Å²) >= 11 is 2.15. The standard InChI is InChI=1S/C11H10IN5O2/c12-7-3-1-6(2-4-7)11(18)15-10-8(5-14-16-10)9(13)17-19/h1-5,19H,(H2,13,17)(H2,14,15,16,18). The van der Waals surface area contributed by atoms with E-state index in [2.05, 4.69) is 43.3 Å². The van der Waals surface area contributed by atoms with Gasteiger partial charge in [-0.2, -0.15) is 5.10 Å². The maximum Gasteiger partial charge on any atom is 0.256 e. The minimum atomic E-state index is -0.312. The molecule has 0 spiro atoms. The van der Waals surface area contributed by atoms with Gasteiger partial charge in [0, 0.05) is 9.13 Å². The molecule has 0 aliphatic heterocycles. The zero-order chi connectivity index (χ0) is 13.8. The lowest BCUT2D eigenvalue weighted by atomic mass is 10.2. The number of anilines is 1. The molecular formula is C11H10IN5O2. The normalized spacial score (nSPS) is 11.3. The molecule has 8 heteroatoms. The second-order valence-electron chi connectivity index (χ2n) is 3.60. The van der Waals surface area contributed by atoms with Crippen LogP contribution in [0.5, 0.6) is 0 Å². The predicted molar refractivity (Wildman–Crippen MR) is 78.2 cm³/mol. The Labute approximate surface area is 122 Å². The van der Waals surface area contributed by atoms with Gasteiger partial charge in [0.05, 0.1) is 11.8 Å². The molecule has 19 heavy (non-hydrogen) atoms. The van der Waals surface area contributed by atoms with E-state index in [1.807, 2.05) is 12.1 Å². The van der Waals surface area contributed by atoms with Gasteiger partial charge in [-0.15, -0.1) is 0 Å². The average Bonchev–Trinajstić information content (AvgIpc) is 2.86. The summed E-state index contributed by atoms with van der Waals surface area (Å²) in [5.74, 6) is -0.168. The third-order valence-corrected chi connectivity index (χ3v) is 3.09. The van der Waals surface area contributed by atoms with Crippen molar-refractivity contribution in [1.29, 1.82) is 0 Å². The number of rotatable bonds is 3. The van der Waals surface area contributed by atoms with Gasteiger partial charge in [-0.05, 0) is 46.9 Å². The van der Waals surface area contributed by atoms with E-state index in [0.29, 0.717) is 11.1 Å². The molecule has 1 heterocycles. The van der Waals surface area contributed by atoms with Crippen LogP contribution in [0.1, 0.15) is 15.9 Å². The number of halogens is 1. The number of aromatic nitrogens is 2. The number of amides is 1. The molecule has 0 bridgehead atoms. The number of benzene rings is 1. The first kappa shape index (κ1) is 13.3. The van der Waals surface area contributed by atoms with Crippen LogP contribution >= 0.6 is 22.6 Å². The number of hydrogen-bond acceptors (Lipinski definition) is 4. The number of hydrogen-bond donors (Lipinski definition) is 4. The number of carbonyl (C=O) groups excluding carboxylic acids is 1. The number of aromatic amines is 1. The minimum absolute atomic E-state index is 0.133. The second-order valence-corrected chi connectivity index (χ2v) is 4.85. The number of oxime groups is 1. The summed E-state index contributed by atoms with van der Waals surface area (Å²) in [5.41, 5.74) is 6.28. The van der Waals surface area contributed by atoms with Crippen LogP contribution in [0, 0.1) is 3.57 Å². The zero-order valence-electron chi connectivity index (χ0n) is 9.59. The van der Waals surface area contributed by atoms with Gasteiger partial charge in [0.2, 0.25) is 0 Å². The van der Waals surface area contributed by atoms with Crippen molar-refractivity contribution < 1.29 is 10.0 Å². The molecule has 0 radical (unpaired) electrons. The van der Waals surface area contributed by atoms with Crippen molar-refractivity contribution in [2.24, 2.45) is 10.9 Å². The van der Waals surface area contributed by atoms with Gasteiger partial charge in [-0.3, -0.25) is 9.89 Å². The van der Waals surface area contributed by atoms with Crippen LogP contribution in [0.2, 0.25) is 0 Å². The Hall–Kier alpha value is -2.10. The number of H-pyrrole nitrogens is 1. The number of amidine groups is 1. The van der Waals surface area contributed by atoms with E-state index in [4.69, 9.17) is 10.9 Å². The van der Waals surface area contributed by atoms with Gasteiger partial charge in [0.15, 0.2) is 5.84 Å². The van der Waals surface area contributed by atoms with E-state index in [1.165, 1.54) is 6.20 Å². The molecule has 2 aromatic rings. The fourth-order valence-electron chi connectivity index (χ4n) is 1.42. The molecule has 1 aromatic carbocycles. The maximum atomic E-state index is 12.0. The summed E-state index contributed by atoms with van der Waals surface area (Å²) < 4.78 is 1.04. The van der Waals surface area contributed by atoms with Crippen LogP contribution in [0.3, 0.4) is 0 Å². The van der Waals surface area contributed by atoms with E-state index in [-0.39, 0.29) is 17.6 Å². The Morgan fingerprint density at radius 2 is 2.11 bits per heavy atom. The molecule has 0 unspecified atom stereocenters. The highest BCUT2D eigenvalue weighted by Gasteiger charge is 2.13. The highest BCUT2D eigenvalue weighted by atomic mass is 127. The molecule has 0 saturated heterocycles. The first-order valence-electron chi connectivity index (χ1n) is 5.20. The van der Waals surface area contributed by atoms with Crippen molar-refractivity contribution in [3.05, 3.63) is 45.2 Å². The molecule has 98 valence electrons. The monoisotopic (exact) mass is 371 g/mol. The highest BCUT2D eigenvalue weighted by Crippen LogP contribution is 2.13. The minimum Gasteiger partial charge on any atom is -0.409 e. The lowest BCUT2D eigenvalue weighted by molar-refractivity contribution is 0.102. The van der Waals surface area contributed by atoms with Crippen molar-refractivity contribution in [1.82, 2.24) is 10.2 Å². The SMILES string of the molecule is NC(=NO)c1cn[nH]c1NC(=O)c1ccc(I)cc1. The van der Waals surface area contributed by atoms with Gasteiger partial charge in [-0.25, -0.2) is 0 Å². The van der Waals surface area contributed by atoms with Gasteiger partial charge in [0.25, 0.3) is 5.91 Å². The number of nitrogens with two attached hydrogens (primary N) is 1. The van der Waals surface area contributed by atoms with Crippen LogP contribution < -0.4 is 11.1 Å². The van der Waals surface area contributed by atoms with E-state index < -0.39 is 0 Å². The number of carbonyl (C=O) groups is 1. The number of nitrogens with zero attached hydrogens (tertiary/aromatic N) is 2. The van der Waals surface area contributed by atoms with Crippen LogP contribution in [0.25, 0.3) is 0 Å². The molecule has 0 aliphatic carbocycles. The summed E-state index contributed by atoms with van der Waals surface area (Å²) in [6.45, 7) is 0. The summed E-state index contributed by atoms with van der Waals surface area (Å²) in [7, 11) is 0. The summed E-state index contributed by atoms with van der Waals surface area (Å²) in [5, 5.41) is 20.4. The lowest BCUT2D eigenvalue weighted by Crippen LogP contribution is -2.18. The van der Waals surface area contributed by atoms with E-state index in [1.54, 1.807) is 12.1 Å². The zero-order valence-corrected chi connectivity index (χ0v) is 11.7. The highest BCUT2D eigenvalue weighted by molar-refractivity contribution is 14.1. The average molecular weight is 371 g/mol. The summed E-state index contributed by atoms with van der Waals surface area (Å²) in [6, 6.07) is 7.06. The molecule has 7 nitrogen and oxygen atoms in total. The van der Waals surface area contributed by atoms with Gasteiger partial charge >= 0.3 is 0 Å². The van der Waals surface area contributed by atoms with Crippen molar-refractivity contribution in [3.63, 3.8) is 0 Å². The van der Waals surface area contributed by atoms with Crippen molar-refractivity contribution in [2.45, 2.75) is 0 Å². The molecule has 0 aliphatic rings. The Morgan fingerprint density at radius 3 is 2.74 bits per heavy atom. The lowest BCUT2D eigenvalue weighted by Gasteiger charge is -2.05. The van der Waals surface area contributed by atoms with Crippen LogP contribution in [0.4, 0.5) is 5.82 Å². The first-order chi connectivity index (χ1) is 9.11. The van der Waals surface area contributed by atoms with Crippen LogP contribution in [0.15, 0.2) is 35.6 Å². The smallest absolute Gasteiger partial charge is 0.256 e. The Morgan fingerprint density at radius 1 is 1.42 bits per heavy atom. The van der Waals surface area contributed by atoms with Crippen molar-refractivity contribution >= 4 is 40.2 Å². The Kier molecular flexibility index (Phi) is 4.00. The fraction of sp³-hybridized carbons (Fsp3) is 0. The van der Waals surface area contributed by atoms with E-state index in [0.717, 1.165) is 3.57 Å². The number of nitrogens with one attached hydrogen (secondary N) is 2. The summed E-state index contributed by atoms with van der Waals surface area (Å²) in [4.78, 5) is 12.0. The third-order valence-electron chi connectivity index (χ3n) is 2.37. The summed E-state index contributed by atoms with van der Waals surface area (Å²) in [6.07, 6.45) is 1.36. The molecule has 2 rings (SSSR count). The molecule has 5 N–H and O–H groups in total. The molecular weight excluding hydrogens is 361 g/mol. The predicted octanol–water partition coefficient (Wildman–Crippen LogP) is 1.36. The second kappa shape index (κ2) is 5.69. The van der Waals surface area contributed by atoms with Crippen LogP contribution in [-0.2, 0) is 0 Å². The van der Waals surface area contributed by atoms with Crippen molar-refractivity contribution in [2.75, 3.05) is 5.32 Å². The molecule has 1 aromatic heterocycles. The van der Waals surface area contributed by atoms with E-state index in [9.17, 15) is 4.79 Å². The molecule has 1 amide bonds. The van der Waals surface area contributed by atoms with Crippen LogP contribution in [-0.4, -0.2) is 27.1 Å². The fourth-order valence-corrected chi connectivity index (χ4v) is 1.78. The van der Waals surface area contributed by atoms with Gasteiger partial charge in [-0.1, -0.05) is 5.16 Å². The molecule has 0 fully saturated rings. The van der Waals surface area contributed by atoms with E-state index >= 15 is 0 Å². The quantitative estimate of drug-likeness (QED) is 0.214. The first-order valence-corrected chi connectivity index (χ1v) is 6.28. The maximum absolute atomic E-state index is 12.0. The Balaban J connectivity index is 2.20. The molecule has 0 atom stereocenters. The third kappa shape index (κ3) is 3.02.